The summed E-state index contributed by atoms with van der Waals surface area (Å²) in [5.41, 5.74) is 8.85. The van der Waals surface area contributed by atoms with Crippen molar-refractivity contribution in [3.63, 3.8) is 0 Å². The molecule has 4 fully saturated rings. The van der Waals surface area contributed by atoms with Crippen LogP contribution in [0.25, 0.3) is 0 Å². The normalized spacial score (nSPS) is 46.7. The summed E-state index contributed by atoms with van der Waals surface area (Å²) in [5.74, 6) is 1.55. The van der Waals surface area contributed by atoms with Gasteiger partial charge in [-0.3, -0.25) is 9.59 Å². The standard InChI is InChI=1S/C33H53NO4/c1-18(2)26-27-20(28(29(26)37)22(36)17-34)11-15-32(7)21(27)9-10-24-31(6)14-13-25(38-19(3)35)30(4,5)23(31)12-16-33(24,32)8/h18,20-25,28,36H,9-17,34H2,1-8H3/t20?,21-,22-,23+,24-,25+,28-,31+,32-,33-/m1/s1. The zero-order chi connectivity index (χ0) is 28.0. The Bertz CT molecular complexity index is 1030. The van der Waals surface area contributed by atoms with E-state index in [0.717, 1.165) is 37.7 Å². The minimum atomic E-state index is -0.751. The van der Waals surface area contributed by atoms with Gasteiger partial charge in [0.15, 0.2) is 5.78 Å². The van der Waals surface area contributed by atoms with E-state index in [1.54, 1.807) is 6.92 Å². The molecule has 0 heterocycles. The molecule has 0 aliphatic heterocycles. The lowest BCUT2D eigenvalue weighted by Gasteiger charge is -2.71. The summed E-state index contributed by atoms with van der Waals surface area (Å²) in [5, 5.41) is 10.8. The van der Waals surface area contributed by atoms with Crippen LogP contribution in [0.15, 0.2) is 11.1 Å². The smallest absolute Gasteiger partial charge is 0.302 e. The zero-order valence-corrected chi connectivity index (χ0v) is 25.2. The molecule has 5 aliphatic carbocycles. The highest BCUT2D eigenvalue weighted by atomic mass is 16.5. The van der Waals surface area contributed by atoms with Gasteiger partial charge >= 0.3 is 5.97 Å². The highest BCUT2D eigenvalue weighted by Crippen LogP contribution is 2.75. The van der Waals surface area contributed by atoms with Gasteiger partial charge in [0.1, 0.15) is 6.10 Å². The van der Waals surface area contributed by atoms with Crippen molar-refractivity contribution >= 4 is 11.8 Å². The van der Waals surface area contributed by atoms with Crippen molar-refractivity contribution in [2.24, 2.45) is 62.9 Å². The van der Waals surface area contributed by atoms with Crippen LogP contribution in [0, 0.1) is 57.2 Å². The fourth-order valence-corrected chi connectivity index (χ4v) is 11.6. The predicted molar refractivity (Wildman–Crippen MR) is 150 cm³/mol. The maximum atomic E-state index is 13.8. The van der Waals surface area contributed by atoms with Gasteiger partial charge in [-0.2, -0.15) is 0 Å². The number of hydrogen-bond acceptors (Lipinski definition) is 5. The van der Waals surface area contributed by atoms with Gasteiger partial charge in [0, 0.05) is 18.9 Å². The molecule has 0 saturated heterocycles. The summed E-state index contributed by atoms with van der Waals surface area (Å²) in [4.78, 5) is 25.7. The zero-order valence-electron chi connectivity index (χ0n) is 25.2. The number of allylic oxidation sites excluding steroid dienone is 2. The lowest BCUT2D eigenvalue weighted by Crippen LogP contribution is -2.65. The van der Waals surface area contributed by atoms with Crippen molar-refractivity contribution in [2.75, 3.05) is 6.54 Å². The van der Waals surface area contributed by atoms with Crippen molar-refractivity contribution in [3.8, 4) is 0 Å². The first-order chi connectivity index (χ1) is 17.6. The Morgan fingerprint density at radius 3 is 2.24 bits per heavy atom. The number of rotatable bonds is 4. The van der Waals surface area contributed by atoms with Crippen LogP contribution in [0.5, 0.6) is 0 Å². The molecular weight excluding hydrogens is 474 g/mol. The first kappa shape index (κ1) is 28.3. The second kappa shape index (κ2) is 9.16. The van der Waals surface area contributed by atoms with Gasteiger partial charge in [-0.15, -0.1) is 0 Å². The summed E-state index contributed by atoms with van der Waals surface area (Å²) in [7, 11) is 0. The van der Waals surface area contributed by atoms with Crippen LogP contribution in [0.2, 0.25) is 0 Å². The molecule has 0 amide bonds. The van der Waals surface area contributed by atoms with E-state index >= 15 is 0 Å². The monoisotopic (exact) mass is 527 g/mol. The summed E-state index contributed by atoms with van der Waals surface area (Å²) in [6.45, 7) is 18.4. The van der Waals surface area contributed by atoms with Gasteiger partial charge < -0.3 is 15.6 Å². The number of fused-ring (bicyclic) bond motifs is 7. The van der Waals surface area contributed by atoms with Crippen LogP contribution in [-0.2, 0) is 14.3 Å². The van der Waals surface area contributed by atoms with E-state index in [2.05, 4.69) is 48.5 Å². The number of aliphatic hydroxyl groups is 1. The number of nitrogens with two attached hydrogens (primary N) is 1. The van der Waals surface area contributed by atoms with Crippen LogP contribution < -0.4 is 5.73 Å². The highest BCUT2D eigenvalue weighted by molar-refractivity contribution is 6.02. The van der Waals surface area contributed by atoms with E-state index in [9.17, 15) is 14.7 Å². The average molecular weight is 528 g/mol. The second-order valence-electron chi connectivity index (χ2n) is 15.4. The van der Waals surface area contributed by atoms with Gasteiger partial charge in [0.2, 0.25) is 0 Å². The lowest BCUT2D eigenvalue weighted by molar-refractivity contribution is -0.231. The molecule has 0 bridgehead atoms. The first-order valence-corrected chi connectivity index (χ1v) is 15.5. The minimum absolute atomic E-state index is 0.000964. The number of Topliss-reactive ketones (excluding diaryl/α,β-unsaturated/α-hetero) is 1. The van der Waals surface area contributed by atoms with Crippen molar-refractivity contribution < 1.29 is 19.4 Å². The Morgan fingerprint density at radius 1 is 0.974 bits per heavy atom. The van der Waals surface area contributed by atoms with E-state index in [1.165, 1.54) is 24.8 Å². The first-order valence-electron chi connectivity index (χ1n) is 15.5. The Kier molecular flexibility index (Phi) is 6.83. The highest BCUT2D eigenvalue weighted by Gasteiger charge is 2.69. The minimum Gasteiger partial charge on any atom is -0.462 e. The predicted octanol–water partition coefficient (Wildman–Crippen LogP) is 6.07. The maximum absolute atomic E-state index is 13.8. The lowest BCUT2D eigenvalue weighted by atomic mass is 9.33. The number of carbonyl (C=O) groups excluding carboxylic acids is 2. The van der Waals surface area contributed by atoms with Crippen LogP contribution in [-0.4, -0.2) is 35.6 Å². The third-order valence-electron chi connectivity index (χ3n) is 13.4. The quantitative estimate of drug-likeness (QED) is 0.433. The molecule has 0 spiro atoms. The molecule has 1 unspecified atom stereocenters. The molecule has 0 aromatic rings. The molecule has 4 saturated carbocycles. The third-order valence-corrected chi connectivity index (χ3v) is 13.4. The van der Waals surface area contributed by atoms with Crippen LogP contribution in [0.1, 0.15) is 107 Å². The van der Waals surface area contributed by atoms with Gasteiger partial charge in [-0.05, 0) is 103 Å². The van der Waals surface area contributed by atoms with Gasteiger partial charge in [-0.1, -0.05) is 54.0 Å². The Hall–Kier alpha value is -1.20. The molecule has 3 N–H and O–H groups in total. The Labute approximate surface area is 230 Å². The van der Waals surface area contributed by atoms with Crippen LogP contribution >= 0.6 is 0 Å². The Morgan fingerprint density at radius 2 is 1.63 bits per heavy atom. The van der Waals surface area contributed by atoms with Crippen molar-refractivity contribution in [2.45, 2.75) is 119 Å². The molecule has 5 aliphatic rings. The summed E-state index contributed by atoms with van der Waals surface area (Å²) < 4.78 is 5.89. The van der Waals surface area contributed by atoms with Crippen molar-refractivity contribution in [1.29, 1.82) is 0 Å². The molecule has 214 valence electrons. The molecule has 5 rings (SSSR count). The van der Waals surface area contributed by atoms with Crippen molar-refractivity contribution in [3.05, 3.63) is 11.1 Å². The summed E-state index contributed by atoms with van der Waals surface area (Å²) in [6.07, 6.45) is 8.10. The fraction of sp³-hybridized carbons (Fsp3) is 0.879. The van der Waals surface area contributed by atoms with Gasteiger partial charge in [0.05, 0.1) is 12.0 Å². The average Bonchev–Trinajstić information content (AvgIpc) is 3.12. The number of ether oxygens (including phenoxy) is 1. The van der Waals surface area contributed by atoms with Crippen LogP contribution in [0.3, 0.4) is 0 Å². The van der Waals surface area contributed by atoms with Crippen molar-refractivity contribution in [1.82, 2.24) is 0 Å². The number of esters is 1. The summed E-state index contributed by atoms with van der Waals surface area (Å²) >= 11 is 0. The number of carbonyl (C=O) groups is 2. The maximum Gasteiger partial charge on any atom is 0.302 e. The molecule has 5 heteroatoms. The van der Waals surface area contributed by atoms with Crippen LogP contribution in [0.4, 0.5) is 0 Å². The topological polar surface area (TPSA) is 89.6 Å². The molecule has 0 aromatic carbocycles. The number of aliphatic hydroxyl groups excluding tert-OH is 1. The summed E-state index contributed by atoms with van der Waals surface area (Å²) in [6, 6.07) is 0. The molecule has 0 aromatic heterocycles. The second-order valence-corrected chi connectivity index (χ2v) is 15.4. The molecule has 10 atom stereocenters. The molecular formula is C33H53NO4. The Balaban J connectivity index is 1.53. The number of ketones is 1. The van der Waals surface area contributed by atoms with Gasteiger partial charge in [-0.25, -0.2) is 0 Å². The SMILES string of the molecule is CC(=O)O[C@H]1CC[C@]2(C)[C@H]3CC[C@@H]4C5=C(C(C)C)C(=O)[C@@H]([C@H](O)CN)C5CC[C@@]4(C)[C@]3(C)CC[C@H]2C1(C)C. The number of hydrogen-bond donors (Lipinski definition) is 2. The van der Waals surface area contributed by atoms with E-state index in [0.29, 0.717) is 17.8 Å². The third kappa shape index (κ3) is 3.62. The van der Waals surface area contributed by atoms with E-state index in [1.807, 2.05) is 0 Å². The van der Waals surface area contributed by atoms with Gasteiger partial charge in [0.25, 0.3) is 0 Å². The molecule has 0 radical (unpaired) electrons. The van der Waals surface area contributed by atoms with E-state index in [4.69, 9.17) is 10.5 Å². The molecule has 5 nitrogen and oxygen atoms in total. The largest absolute Gasteiger partial charge is 0.462 e. The van der Waals surface area contributed by atoms with E-state index in [-0.39, 0.29) is 63.8 Å². The van der Waals surface area contributed by atoms with E-state index < -0.39 is 6.10 Å². The fourth-order valence-electron chi connectivity index (χ4n) is 11.6. The molecule has 38 heavy (non-hydrogen) atoms.